The number of halogens is 9. The number of nitrogens with zero attached hydrogens (tertiary/aromatic N) is 7. The van der Waals surface area contributed by atoms with Gasteiger partial charge in [0.25, 0.3) is 0 Å². The van der Waals surface area contributed by atoms with Gasteiger partial charge in [0.15, 0.2) is 0 Å². The van der Waals surface area contributed by atoms with Crippen LogP contribution < -0.4 is 22.6 Å². The Bertz CT molecular complexity index is 6410. The maximum absolute atomic E-state index is 13.8. The lowest BCUT2D eigenvalue weighted by atomic mass is 9.94. The van der Waals surface area contributed by atoms with Gasteiger partial charge in [-0.05, 0) is 178 Å². The molecule has 3 atom stereocenters. The highest BCUT2D eigenvalue weighted by atomic mass is 19.4. The molecule has 18 aromatic rings. The minimum absolute atomic E-state index is 0.0119. The third kappa shape index (κ3) is 13.4. The molecule has 18 rings (SSSR count). The topological polar surface area (TPSA) is 291 Å². The van der Waals surface area contributed by atoms with Crippen LogP contribution in [0.1, 0.15) is 68.4 Å². The Morgan fingerprint density at radius 2 is 0.551 bits per heavy atom. The molecule has 0 fully saturated rings. The smallest absolute Gasteiger partial charge is 0.416 e. The molecule has 3 unspecified atom stereocenters. The summed E-state index contributed by atoms with van der Waals surface area (Å²) in [7, 11) is 0. The molecule has 118 heavy (non-hydrogen) atoms. The van der Waals surface area contributed by atoms with Gasteiger partial charge in [0.05, 0.1) is 50.3 Å². The van der Waals surface area contributed by atoms with Crippen LogP contribution in [0.2, 0.25) is 0 Å². The minimum atomic E-state index is -4.63. The van der Waals surface area contributed by atoms with E-state index in [1.165, 1.54) is 36.4 Å². The zero-order valence-corrected chi connectivity index (χ0v) is 61.0. The predicted octanol–water partition coefficient (Wildman–Crippen LogP) is 25.9. The Morgan fingerprint density at radius 3 is 0.797 bits per heavy atom. The maximum Gasteiger partial charge on any atom is 0.416 e. The monoisotopic (exact) mass is 1590 g/mol. The number of para-hydroxylation sites is 3. The minimum Gasteiger partial charge on any atom is -0.505 e. The van der Waals surface area contributed by atoms with Gasteiger partial charge in [-0.2, -0.15) is 54.9 Å². The number of hydrogen-bond acceptors (Lipinski definition) is 16. The first-order valence-electron chi connectivity index (χ1n) is 36.5. The van der Waals surface area contributed by atoms with Gasteiger partial charge in [0.2, 0.25) is 0 Å². The molecule has 0 radical (unpaired) electrons. The van der Waals surface area contributed by atoms with E-state index in [0.29, 0.717) is 83.0 Å². The molecule has 19 nitrogen and oxygen atoms in total. The van der Waals surface area contributed by atoms with Crippen molar-refractivity contribution >= 4 is 149 Å². The second kappa shape index (κ2) is 29.5. The molecule has 0 aliphatic rings. The lowest BCUT2D eigenvalue weighted by molar-refractivity contribution is -0.138. The van der Waals surface area contributed by atoms with E-state index in [9.17, 15) is 54.8 Å². The van der Waals surface area contributed by atoms with E-state index in [2.05, 4.69) is 15.0 Å². The van der Waals surface area contributed by atoms with Gasteiger partial charge in [-0.15, -0.1) is 15.3 Å². The summed E-state index contributed by atoms with van der Waals surface area (Å²) in [5.41, 5.74) is 4.89. The van der Waals surface area contributed by atoms with Gasteiger partial charge in [0.1, 0.15) is 52.6 Å². The van der Waals surface area contributed by atoms with Crippen molar-refractivity contribution in [3.05, 3.63) is 323 Å². The van der Waals surface area contributed by atoms with Crippen LogP contribution in [0.4, 0.5) is 90.7 Å². The van der Waals surface area contributed by atoms with Gasteiger partial charge in [-0.3, -0.25) is 14.5 Å². The number of aromatic hydroxyl groups is 3. The molecule has 584 valence electrons. The molecule has 3 heterocycles. The lowest BCUT2D eigenvalue weighted by Gasteiger charge is -2.25. The van der Waals surface area contributed by atoms with Crippen LogP contribution in [0.5, 0.6) is 17.2 Å². The summed E-state index contributed by atoms with van der Waals surface area (Å²) in [6, 6.07) is 72.3. The number of fused-ring (bicyclic) bond motifs is 15. The Kier molecular flexibility index (Phi) is 18.7. The van der Waals surface area contributed by atoms with Crippen molar-refractivity contribution in [2.24, 2.45) is 48.4 Å². The maximum atomic E-state index is 13.8. The van der Waals surface area contributed by atoms with E-state index in [4.69, 9.17) is 62.9 Å². The molecular weight excluding hydrogens is 1530 g/mol. The first kappa shape index (κ1) is 75.0. The van der Waals surface area contributed by atoms with E-state index in [-0.39, 0.29) is 50.4 Å². The van der Waals surface area contributed by atoms with E-state index in [0.717, 1.165) is 85.3 Å². The van der Waals surface area contributed by atoms with Crippen molar-refractivity contribution < 1.29 is 69.3 Å². The Morgan fingerprint density at radius 1 is 0.297 bits per heavy atom. The molecule has 0 spiro atoms. The number of nitrogens with one attached hydrogen (secondary N) is 3. The van der Waals surface area contributed by atoms with Crippen molar-refractivity contribution in [1.82, 2.24) is 15.0 Å². The summed E-state index contributed by atoms with van der Waals surface area (Å²) < 4.78 is 124. The zero-order valence-electron chi connectivity index (χ0n) is 61.0. The summed E-state index contributed by atoms with van der Waals surface area (Å²) in [5, 5.41) is 73.8. The number of azo groups is 3. The van der Waals surface area contributed by atoms with Crippen molar-refractivity contribution in [2.75, 3.05) is 4.90 Å². The van der Waals surface area contributed by atoms with Gasteiger partial charge in [-0.1, -0.05) is 127 Å². The Balaban J connectivity index is 0.743. The third-order valence-electron chi connectivity index (χ3n) is 21.3. The molecule has 0 saturated carbocycles. The first-order chi connectivity index (χ1) is 57.0. The van der Waals surface area contributed by atoms with Crippen molar-refractivity contribution in [2.45, 2.75) is 36.8 Å². The van der Waals surface area contributed by atoms with Crippen LogP contribution in [0.3, 0.4) is 0 Å². The quantitative estimate of drug-likeness (QED) is 0.0222. The number of alkyl halides is 9. The number of benzene rings is 15. The number of nitrogens with two attached hydrogens (primary N) is 3. The summed E-state index contributed by atoms with van der Waals surface area (Å²) in [5.74, 6) is 16.5. The fraction of sp³-hybridized carbons (Fsp3) is 0.0667. The third-order valence-corrected chi connectivity index (χ3v) is 21.3. The fourth-order valence-electron chi connectivity index (χ4n) is 15.6. The van der Waals surface area contributed by atoms with E-state index in [1.807, 2.05) is 114 Å². The fourth-order valence-corrected chi connectivity index (χ4v) is 15.6. The second-order valence-electron chi connectivity index (χ2n) is 28.2. The molecule has 0 bridgehead atoms. The number of hydrogen-bond donors (Lipinski definition) is 9. The number of aromatic nitrogens is 3. The summed E-state index contributed by atoms with van der Waals surface area (Å²) in [4.78, 5) is 28.6. The van der Waals surface area contributed by atoms with Crippen molar-refractivity contribution in [3.63, 3.8) is 0 Å². The normalized spacial score (nSPS) is 13.4. The van der Waals surface area contributed by atoms with Crippen LogP contribution in [-0.4, -0.2) is 30.3 Å². The summed E-state index contributed by atoms with van der Waals surface area (Å²) in [6.07, 6.45) is -17.7. The van der Waals surface area contributed by atoms with Crippen LogP contribution in [0.25, 0.3) is 97.7 Å². The lowest BCUT2D eigenvalue weighted by Crippen LogP contribution is -2.12. The number of phenolic OH excluding ortho intramolecular Hbond substituents is 3. The average Bonchev–Trinajstić information content (AvgIpc) is 1.55. The molecule has 0 amide bonds. The highest BCUT2D eigenvalue weighted by molar-refractivity contribution is 6.23. The van der Waals surface area contributed by atoms with Gasteiger partial charge in [0, 0.05) is 98.8 Å². The van der Waals surface area contributed by atoms with E-state index < -0.39 is 70.8 Å². The Labute approximate surface area is 660 Å². The van der Waals surface area contributed by atoms with Crippen LogP contribution >= 0.6 is 0 Å². The molecule has 0 aliphatic heterocycles. The summed E-state index contributed by atoms with van der Waals surface area (Å²) >= 11 is 0. The van der Waals surface area contributed by atoms with Crippen LogP contribution in [0, 0.1) is 0 Å². The van der Waals surface area contributed by atoms with Gasteiger partial charge >= 0.3 is 18.5 Å². The SMILES string of the molecule is NOC(c1ccc(C(F)(F)F)cc1)c1cc2ccc3c4ccccc4[nH]c3c2c(N=Nc2ccc(N(c3ccc(N=Nc4c(O)c(C(ON)c5ccc(C(F)(F)F)cc5)cc5ccc6c7ccccc7[nH]c6c45)cc3)c3ccc(N=Nc4c(O)c(C(ON)c5ccc(C(F)(F)F)cc5)cc5ccc6c7ccccc7[nH]c6c45)cc3)cc2)c1O. The molecule has 15 aromatic carbocycles. The second-order valence-corrected chi connectivity index (χ2v) is 28.2. The highest BCUT2D eigenvalue weighted by Crippen LogP contribution is 2.53. The summed E-state index contributed by atoms with van der Waals surface area (Å²) in [6.45, 7) is 0. The number of anilines is 3. The molecule has 12 N–H and O–H groups in total. The van der Waals surface area contributed by atoms with Gasteiger partial charge < -0.3 is 35.2 Å². The van der Waals surface area contributed by atoms with Crippen LogP contribution in [-0.2, 0) is 33.0 Å². The largest absolute Gasteiger partial charge is 0.505 e. The zero-order chi connectivity index (χ0) is 81.6. The number of rotatable bonds is 18. The number of H-pyrrole nitrogens is 3. The Hall–Kier alpha value is -14.4. The number of aromatic amines is 3. The average molecular weight is 1590 g/mol. The molecule has 0 aliphatic carbocycles. The van der Waals surface area contributed by atoms with Gasteiger partial charge in [-0.25, -0.2) is 17.7 Å². The molecular formula is C90H60F9N13O6. The molecule has 28 heteroatoms. The van der Waals surface area contributed by atoms with E-state index in [1.54, 1.807) is 91.0 Å². The van der Waals surface area contributed by atoms with Crippen molar-refractivity contribution in [3.8, 4) is 17.2 Å². The number of phenols is 3. The predicted molar refractivity (Wildman–Crippen MR) is 434 cm³/mol. The van der Waals surface area contributed by atoms with Crippen molar-refractivity contribution in [1.29, 1.82) is 0 Å². The first-order valence-corrected chi connectivity index (χ1v) is 36.5. The van der Waals surface area contributed by atoms with E-state index >= 15 is 0 Å². The molecule has 3 aromatic heterocycles. The highest BCUT2D eigenvalue weighted by Gasteiger charge is 2.35. The van der Waals surface area contributed by atoms with Crippen LogP contribution in [0.15, 0.2) is 304 Å². The standard InChI is InChI=1S/C90H60F9N13O6/c91-88(92,93)52-22-13-46(14-23-52)85(116-100)67-43-49-19-40-64-61-7-1-4-10-70(61)103-76(64)73(49)79(82(67)113)109-106-55-28-34-58(35-29-55)112(59-36-30-56(31-37-59)107-110-80-74-50(20-41-65-62-8-2-5-11-71(62)104-77(65)74)44-68(83(80)114)86(117-101)47-15-24-53(25-16-47)89(94,95)96)60-38-32-57(33-39-60)108-111-81-75-51(21-42-66-63-9-3-6-12-72(63)105-78(66)75)45-69(84(81)115)87(118-102)48-17-26-54(27-18-48)90(97,98)99/h1-45,85-87,103-105,113-115H,100-102H2. The molecule has 0 saturated heterocycles.